The molecule has 0 spiro atoms. The van der Waals surface area contributed by atoms with Crippen LogP contribution in [-0.2, 0) is 6.54 Å². The summed E-state index contributed by atoms with van der Waals surface area (Å²) in [4.78, 5) is 0. The number of hydrogen-bond acceptors (Lipinski definition) is 2. The predicted octanol–water partition coefficient (Wildman–Crippen LogP) is 3.14. The van der Waals surface area contributed by atoms with Crippen molar-refractivity contribution in [3.8, 4) is 5.75 Å². The van der Waals surface area contributed by atoms with E-state index in [-0.39, 0.29) is 11.6 Å². The third kappa shape index (κ3) is 5.00. The van der Waals surface area contributed by atoms with Crippen LogP contribution in [0.3, 0.4) is 0 Å². The minimum Gasteiger partial charge on any atom is -0.486 e. The first-order valence-corrected chi connectivity index (χ1v) is 5.86. The molecule has 94 valence electrons. The van der Waals surface area contributed by atoms with Crippen LogP contribution in [0.5, 0.6) is 5.75 Å². The summed E-state index contributed by atoms with van der Waals surface area (Å²) in [6.45, 7) is 9.73. The van der Waals surface area contributed by atoms with Crippen molar-refractivity contribution in [3.63, 3.8) is 0 Å². The first-order valence-electron chi connectivity index (χ1n) is 5.86. The van der Waals surface area contributed by atoms with Gasteiger partial charge in [-0.05, 0) is 30.2 Å². The van der Waals surface area contributed by atoms with Crippen LogP contribution in [0.1, 0.15) is 19.4 Å². The predicted molar refractivity (Wildman–Crippen MR) is 68.6 cm³/mol. The van der Waals surface area contributed by atoms with Crippen molar-refractivity contribution in [3.05, 3.63) is 42.2 Å². The normalized spacial score (nSPS) is 10.6. The van der Waals surface area contributed by atoms with Gasteiger partial charge in [-0.3, -0.25) is 0 Å². The highest BCUT2D eigenvalue weighted by molar-refractivity contribution is 5.29. The molecule has 0 saturated carbocycles. The van der Waals surface area contributed by atoms with Crippen LogP contribution in [0.25, 0.3) is 0 Å². The van der Waals surface area contributed by atoms with Gasteiger partial charge in [-0.1, -0.05) is 32.6 Å². The quantitative estimate of drug-likeness (QED) is 0.736. The van der Waals surface area contributed by atoms with Gasteiger partial charge in [0.1, 0.15) is 6.61 Å². The fraction of sp³-hybridized carbons (Fsp3) is 0.429. The van der Waals surface area contributed by atoms with E-state index < -0.39 is 0 Å². The van der Waals surface area contributed by atoms with Gasteiger partial charge in [0.15, 0.2) is 11.6 Å². The highest BCUT2D eigenvalue weighted by Crippen LogP contribution is 2.18. The molecule has 0 bridgehead atoms. The van der Waals surface area contributed by atoms with E-state index in [9.17, 15) is 4.39 Å². The maximum absolute atomic E-state index is 13.6. The number of ether oxygens (including phenoxy) is 1. The van der Waals surface area contributed by atoms with Crippen molar-refractivity contribution >= 4 is 0 Å². The van der Waals surface area contributed by atoms with Crippen LogP contribution in [0.2, 0.25) is 0 Å². The number of halogens is 1. The van der Waals surface area contributed by atoms with Crippen molar-refractivity contribution in [2.75, 3.05) is 13.2 Å². The number of hydrogen-bond donors (Lipinski definition) is 1. The summed E-state index contributed by atoms with van der Waals surface area (Å²) >= 11 is 0. The Morgan fingerprint density at radius 2 is 2.24 bits per heavy atom. The highest BCUT2D eigenvalue weighted by Gasteiger charge is 2.04. The minimum atomic E-state index is -0.323. The van der Waals surface area contributed by atoms with E-state index in [0.717, 1.165) is 12.1 Å². The van der Waals surface area contributed by atoms with Crippen molar-refractivity contribution in [1.29, 1.82) is 0 Å². The molecule has 0 atom stereocenters. The molecule has 0 radical (unpaired) electrons. The third-order valence-corrected chi connectivity index (χ3v) is 2.23. The number of nitrogens with one attached hydrogen (secondary N) is 1. The molecule has 0 aliphatic carbocycles. The molecular weight excluding hydrogens is 217 g/mol. The second kappa shape index (κ2) is 7.07. The smallest absolute Gasteiger partial charge is 0.165 e. The number of rotatable bonds is 7. The zero-order chi connectivity index (χ0) is 12.7. The van der Waals surface area contributed by atoms with Crippen LogP contribution >= 0.6 is 0 Å². The van der Waals surface area contributed by atoms with E-state index in [1.54, 1.807) is 12.1 Å². The molecule has 0 unspecified atom stereocenters. The standard InChI is InChI=1S/C14H20FNO/c1-4-7-17-14-6-5-12(8-13(14)15)10-16-9-11(2)3/h4-6,8,11,16H,1,7,9-10H2,2-3H3. The summed E-state index contributed by atoms with van der Waals surface area (Å²) in [6, 6.07) is 5.03. The first-order chi connectivity index (χ1) is 8.13. The zero-order valence-corrected chi connectivity index (χ0v) is 10.5. The van der Waals surface area contributed by atoms with Crippen molar-refractivity contribution in [2.24, 2.45) is 5.92 Å². The molecule has 0 amide bonds. The summed E-state index contributed by atoms with van der Waals surface area (Å²) in [5.74, 6) is 0.545. The van der Waals surface area contributed by atoms with Gasteiger partial charge in [0.25, 0.3) is 0 Å². The van der Waals surface area contributed by atoms with Crippen LogP contribution in [0, 0.1) is 11.7 Å². The van der Waals surface area contributed by atoms with Crippen molar-refractivity contribution in [2.45, 2.75) is 20.4 Å². The van der Waals surface area contributed by atoms with Gasteiger partial charge in [-0.25, -0.2) is 4.39 Å². The van der Waals surface area contributed by atoms with Crippen LogP contribution in [0.4, 0.5) is 4.39 Å². The molecule has 0 aromatic heterocycles. The van der Waals surface area contributed by atoms with E-state index >= 15 is 0 Å². The van der Waals surface area contributed by atoms with E-state index in [0.29, 0.717) is 19.1 Å². The van der Waals surface area contributed by atoms with Crippen molar-refractivity contribution in [1.82, 2.24) is 5.32 Å². The molecule has 0 aliphatic heterocycles. The van der Waals surface area contributed by atoms with Gasteiger partial charge in [-0.15, -0.1) is 0 Å². The Morgan fingerprint density at radius 1 is 1.47 bits per heavy atom. The lowest BCUT2D eigenvalue weighted by Gasteiger charge is -2.09. The molecule has 2 nitrogen and oxygen atoms in total. The van der Waals surface area contributed by atoms with Crippen LogP contribution in [-0.4, -0.2) is 13.2 Å². The molecule has 0 saturated heterocycles. The lowest BCUT2D eigenvalue weighted by Crippen LogP contribution is -2.19. The summed E-state index contributed by atoms with van der Waals surface area (Å²) in [6.07, 6.45) is 1.59. The SMILES string of the molecule is C=CCOc1ccc(CNCC(C)C)cc1F. The molecular formula is C14H20FNO. The summed E-state index contributed by atoms with van der Waals surface area (Å²) in [5, 5.41) is 3.27. The van der Waals surface area contributed by atoms with Gasteiger partial charge in [0.05, 0.1) is 0 Å². The Labute approximate surface area is 102 Å². The molecule has 3 heteroatoms. The second-order valence-corrected chi connectivity index (χ2v) is 4.39. The van der Waals surface area contributed by atoms with Crippen LogP contribution < -0.4 is 10.1 Å². The van der Waals surface area contributed by atoms with Gasteiger partial charge < -0.3 is 10.1 Å². The minimum absolute atomic E-state index is 0.275. The van der Waals surface area contributed by atoms with Crippen LogP contribution in [0.15, 0.2) is 30.9 Å². The Balaban J connectivity index is 2.52. The van der Waals surface area contributed by atoms with Gasteiger partial charge >= 0.3 is 0 Å². The van der Waals surface area contributed by atoms with Gasteiger partial charge in [0.2, 0.25) is 0 Å². The Kier molecular flexibility index (Phi) is 5.70. The summed E-state index contributed by atoms with van der Waals surface area (Å²) in [7, 11) is 0. The summed E-state index contributed by atoms with van der Waals surface area (Å²) in [5.41, 5.74) is 0.925. The molecule has 1 aromatic rings. The highest BCUT2D eigenvalue weighted by atomic mass is 19.1. The molecule has 0 heterocycles. The monoisotopic (exact) mass is 237 g/mol. The third-order valence-electron chi connectivity index (χ3n) is 2.23. The lowest BCUT2D eigenvalue weighted by molar-refractivity contribution is 0.341. The molecule has 17 heavy (non-hydrogen) atoms. The fourth-order valence-electron chi connectivity index (χ4n) is 1.43. The largest absolute Gasteiger partial charge is 0.486 e. The maximum Gasteiger partial charge on any atom is 0.165 e. The Morgan fingerprint density at radius 3 is 2.82 bits per heavy atom. The molecule has 0 aliphatic rings. The van der Waals surface area contributed by atoms with Gasteiger partial charge in [-0.2, -0.15) is 0 Å². The molecule has 1 N–H and O–H groups in total. The van der Waals surface area contributed by atoms with E-state index in [1.165, 1.54) is 6.07 Å². The second-order valence-electron chi connectivity index (χ2n) is 4.39. The average molecular weight is 237 g/mol. The average Bonchev–Trinajstić information content (AvgIpc) is 2.27. The Bertz CT molecular complexity index is 363. The topological polar surface area (TPSA) is 21.3 Å². The fourth-order valence-corrected chi connectivity index (χ4v) is 1.43. The Hall–Kier alpha value is -1.35. The maximum atomic E-state index is 13.6. The molecule has 1 aromatic carbocycles. The first kappa shape index (κ1) is 13.7. The van der Waals surface area contributed by atoms with E-state index in [2.05, 4.69) is 25.7 Å². The molecule has 1 rings (SSSR count). The lowest BCUT2D eigenvalue weighted by atomic mass is 10.2. The number of benzene rings is 1. The van der Waals surface area contributed by atoms with E-state index in [4.69, 9.17) is 4.74 Å². The van der Waals surface area contributed by atoms with Crippen molar-refractivity contribution < 1.29 is 9.13 Å². The van der Waals surface area contributed by atoms with E-state index in [1.807, 2.05) is 6.07 Å². The summed E-state index contributed by atoms with van der Waals surface area (Å²) < 4.78 is 18.7. The van der Waals surface area contributed by atoms with Gasteiger partial charge in [0, 0.05) is 6.54 Å². The molecule has 0 fully saturated rings. The zero-order valence-electron chi connectivity index (χ0n) is 10.5.